The van der Waals surface area contributed by atoms with Crippen LogP contribution in [-0.4, -0.2) is 74.3 Å². The van der Waals surface area contributed by atoms with E-state index in [9.17, 15) is 9.18 Å². The second-order valence-electron chi connectivity index (χ2n) is 7.87. The smallest absolute Gasteiger partial charge is 0.295 e. The lowest BCUT2D eigenvalue weighted by molar-refractivity contribution is 0.0239. The Balaban J connectivity index is 1.15. The van der Waals surface area contributed by atoms with Crippen LogP contribution in [0.15, 0.2) is 41.5 Å². The lowest BCUT2D eigenvalue weighted by Crippen LogP contribution is -2.62. The molecule has 4 heterocycles. The highest BCUT2D eigenvalue weighted by molar-refractivity contribution is 5.46. The standard InChI is InChI=1S/C20H24FN7O/c1-24-6-11-28-18(22-23-19(28)20(24)29)14-25-12-17(13-25)27-9-7-26(8-10-27)16-4-2-15(21)3-5-16/h2-6,11,17H,7-10,12-14H2,1H3. The average Bonchev–Trinajstić information content (AvgIpc) is 3.11. The number of rotatable bonds is 4. The number of halogens is 1. The summed E-state index contributed by atoms with van der Waals surface area (Å²) >= 11 is 0. The predicted octanol–water partition coefficient (Wildman–Crippen LogP) is 0.573. The van der Waals surface area contributed by atoms with Gasteiger partial charge in [0.15, 0.2) is 5.82 Å². The molecule has 0 aliphatic carbocycles. The Hall–Kier alpha value is -2.78. The van der Waals surface area contributed by atoms with Crippen molar-refractivity contribution in [3.8, 4) is 0 Å². The number of hydrogen-bond acceptors (Lipinski definition) is 6. The third-order valence-electron chi connectivity index (χ3n) is 6.04. The van der Waals surface area contributed by atoms with Gasteiger partial charge in [-0.05, 0) is 24.3 Å². The summed E-state index contributed by atoms with van der Waals surface area (Å²) in [7, 11) is 1.71. The van der Waals surface area contributed by atoms with E-state index in [4.69, 9.17) is 0 Å². The van der Waals surface area contributed by atoms with Crippen LogP contribution in [0.5, 0.6) is 0 Å². The molecule has 0 N–H and O–H groups in total. The van der Waals surface area contributed by atoms with Crippen LogP contribution in [0.1, 0.15) is 5.82 Å². The monoisotopic (exact) mass is 397 g/mol. The van der Waals surface area contributed by atoms with Gasteiger partial charge in [-0.15, -0.1) is 10.2 Å². The van der Waals surface area contributed by atoms with Crippen LogP contribution in [-0.2, 0) is 13.6 Å². The van der Waals surface area contributed by atoms with Gasteiger partial charge >= 0.3 is 0 Å². The molecule has 0 radical (unpaired) electrons. The van der Waals surface area contributed by atoms with Gasteiger partial charge in [-0.3, -0.25) is 19.0 Å². The number of nitrogens with zero attached hydrogens (tertiary/aromatic N) is 7. The quantitative estimate of drug-likeness (QED) is 0.642. The zero-order valence-corrected chi connectivity index (χ0v) is 16.4. The predicted molar refractivity (Wildman–Crippen MR) is 107 cm³/mol. The molecule has 2 aromatic heterocycles. The highest BCUT2D eigenvalue weighted by Gasteiger charge is 2.34. The maximum atomic E-state index is 13.1. The van der Waals surface area contributed by atoms with Crippen molar-refractivity contribution < 1.29 is 4.39 Å². The van der Waals surface area contributed by atoms with Gasteiger partial charge < -0.3 is 9.47 Å². The Labute approximate surface area is 167 Å². The van der Waals surface area contributed by atoms with Crippen LogP contribution in [0.4, 0.5) is 10.1 Å². The highest BCUT2D eigenvalue weighted by Crippen LogP contribution is 2.22. The molecule has 9 heteroatoms. The van der Waals surface area contributed by atoms with Crippen molar-refractivity contribution in [1.29, 1.82) is 0 Å². The van der Waals surface area contributed by atoms with Gasteiger partial charge in [0.2, 0.25) is 5.65 Å². The van der Waals surface area contributed by atoms with Gasteiger partial charge in [0.1, 0.15) is 5.82 Å². The lowest BCUT2D eigenvalue weighted by atomic mass is 10.1. The van der Waals surface area contributed by atoms with Crippen LogP contribution in [0, 0.1) is 5.82 Å². The summed E-state index contributed by atoms with van der Waals surface area (Å²) in [6.45, 7) is 6.63. The fourth-order valence-electron chi connectivity index (χ4n) is 4.23. The third kappa shape index (κ3) is 3.40. The lowest BCUT2D eigenvalue weighted by Gasteiger charge is -2.48. The van der Waals surface area contributed by atoms with Crippen LogP contribution < -0.4 is 10.5 Å². The molecule has 2 aliphatic rings. The average molecular weight is 397 g/mol. The van der Waals surface area contributed by atoms with Gasteiger partial charge in [0, 0.05) is 70.4 Å². The van der Waals surface area contributed by atoms with Crippen molar-refractivity contribution in [2.45, 2.75) is 12.6 Å². The summed E-state index contributed by atoms with van der Waals surface area (Å²) < 4.78 is 16.4. The number of fused-ring (bicyclic) bond motifs is 1. The Morgan fingerprint density at radius 1 is 1.03 bits per heavy atom. The fourth-order valence-corrected chi connectivity index (χ4v) is 4.23. The molecule has 0 amide bonds. The Kier molecular flexibility index (Phi) is 4.56. The highest BCUT2D eigenvalue weighted by atomic mass is 19.1. The van der Waals surface area contributed by atoms with Gasteiger partial charge in [0.05, 0.1) is 6.54 Å². The number of anilines is 1. The zero-order chi connectivity index (χ0) is 20.0. The Morgan fingerprint density at radius 3 is 2.48 bits per heavy atom. The molecule has 0 saturated carbocycles. The van der Waals surface area contributed by atoms with Gasteiger partial charge in [0.25, 0.3) is 5.56 Å². The Bertz CT molecular complexity index is 1060. The van der Waals surface area contributed by atoms with Crippen molar-refractivity contribution in [3.63, 3.8) is 0 Å². The topological polar surface area (TPSA) is 61.9 Å². The molecule has 1 aromatic carbocycles. The molecular weight excluding hydrogens is 373 g/mol. The van der Waals surface area contributed by atoms with Crippen LogP contribution >= 0.6 is 0 Å². The minimum Gasteiger partial charge on any atom is -0.369 e. The molecule has 0 atom stereocenters. The van der Waals surface area contributed by atoms with E-state index in [2.05, 4.69) is 24.9 Å². The molecule has 0 unspecified atom stereocenters. The van der Waals surface area contributed by atoms with E-state index in [0.29, 0.717) is 18.2 Å². The van der Waals surface area contributed by atoms with Crippen LogP contribution in [0.25, 0.3) is 5.65 Å². The first-order valence-corrected chi connectivity index (χ1v) is 9.94. The van der Waals surface area contributed by atoms with E-state index < -0.39 is 0 Å². The Morgan fingerprint density at radius 2 is 1.76 bits per heavy atom. The van der Waals surface area contributed by atoms with Crippen molar-refractivity contribution in [2.75, 3.05) is 44.2 Å². The second-order valence-corrected chi connectivity index (χ2v) is 7.87. The van der Waals surface area contributed by atoms with Gasteiger partial charge in [-0.25, -0.2) is 4.39 Å². The van der Waals surface area contributed by atoms with E-state index in [0.717, 1.165) is 50.8 Å². The zero-order valence-electron chi connectivity index (χ0n) is 16.4. The molecule has 0 bridgehead atoms. The maximum absolute atomic E-state index is 13.1. The minimum absolute atomic E-state index is 0.133. The first-order valence-electron chi connectivity index (χ1n) is 9.94. The molecule has 2 aliphatic heterocycles. The van der Waals surface area contributed by atoms with Crippen LogP contribution in [0.3, 0.4) is 0 Å². The maximum Gasteiger partial charge on any atom is 0.295 e. The normalized spacial score (nSPS) is 19.0. The fraction of sp³-hybridized carbons (Fsp3) is 0.450. The van der Waals surface area contributed by atoms with Gasteiger partial charge in [-0.2, -0.15) is 0 Å². The van der Waals surface area contributed by atoms with Gasteiger partial charge in [-0.1, -0.05) is 0 Å². The number of aryl methyl sites for hydroxylation is 1. The number of aromatic nitrogens is 4. The number of hydrogen-bond donors (Lipinski definition) is 0. The molecule has 0 spiro atoms. The molecule has 2 fully saturated rings. The van der Waals surface area contributed by atoms with Crippen molar-refractivity contribution in [2.24, 2.45) is 7.05 Å². The third-order valence-corrected chi connectivity index (χ3v) is 6.04. The summed E-state index contributed by atoms with van der Waals surface area (Å²) in [5.74, 6) is 0.611. The molecule has 29 heavy (non-hydrogen) atoms. The number of benzene rings is 1. The minimum atomic E-state index is -0.192. The summed E-state index contributed by atoms with van der Waals surface area (Å²) in [6, 6.07) is 7.31. The molecule has 152 valence electrons. The van der Waals surface area contributed by atoms with Crippen molar-refractivity contribution in [3.05, 3.63) is 58.7 Å². The van der Waals surface area contributed by atoms with E-state index in [1.165, 1.54) is 16.7 Å². The second kappa shape index (κ2) is 7.23. The van der Waals surface area contributed by atoms with Crippen molar-refractivity contribution >= 4 is 11.3 Å². The first kappa shape index (κ1) is 18.3. The van der Waals surface area contributed by atoms with Crippen LogP contribution in [0.2, 0.25) is 0 Å². The van der Waals surface area contributed by atoms with E-state index >= 15 is 0 Å². The van der Waals surface area contributed by atoms with E-state index in [-0.39, 0.29) is 11.4 Å². The summed E-state index contributed by atoms with van der Waals surface area (Å²) in [4.78, 5) is 19.3. The molecule has 3 aromatic rings. The summed E-state index contributed by atoms with van der Waals surface area (Å²) in [5, 5.41) is 8.27. The summed E-state index contributed by atoms with van der Waals surface area (Å²) in [6.07, 6.45) is 3.58. The summed E-state index contributed by atoms with van der Waals surface area (Å²) in [5.41, 5.74) is 1.33. The molecular formula is C20H24FN7O. The van der Waals surface area contributed by atoms with Crippen molar-refractivity contribution in [1.82, 2.24) is 29.0 Å². The first-order chi connectivity index (χ1) is 14.1. The molecule has 5 rings (SSSR count). The number of likely N-dealkylation sites (tertiary alicyclic amines) is 1. The number of piperazine rings is 1. The van der Waals surface area contributed by atoms with E-state index in [1.54, 1.807) is 17.6 Å². The SMILES string of the molecule is Cn1ccn2c(CN3CC(N4CCN(c5ccc(F)cc5)CC4)C3)nnc2c1=O. The molecule has 8 nitrogen and oxygen atoms in total. The largest absolute Gasteiger partial charge is 0.369 e. The molecule has 2 saturated heterocycles. The van der Waals surface area contributed by atoms with E-state index in [1.807, 2.05) is 18.3 Å².